The minimum atomic E-state index is 0.735. The van der Waals surface area contributed by atoms with E-state index in [-0.39, 0.29) is 0 Å². The summed E-state index contributed by atoms with van der Waals surface area (Å²) in [5, 5.41) is 0. The summed E-state index contributed by atoms with van der Waals surface area (Å²) in [7, 11) is 0. The summed E-state index contributed by atoms with van der Waals surface area (Å²) in [6.07, 6.45) is 5.15. The van der Waals surface area contributed by atoms with Gasteiger partial charge in [-0.05, 0) is 36.8 Å². The van der Waals surface area contributed by atoms with Crippen LogP contribution in [0.4, 0.5) is 0 Å². The molecule has 4 rings (SSSR count). The second kappa shape index (κ2) is 4.09. The number of rotatable bonds is 1. The predicted octanol–water partition coefficient (Wildman–Crippen LogP) is 2.88. The highest BCUT2D eigenvalue weighted by molar-refractivity contribution is 5.83. The molecule has 5 nitrogen and oxygen atoms in total. The lowest BCUT2D eigenvalue weighted by atomic mass is 10.2. The standard InChI is InChI=1S/C15H11N5/c1-9-4-5-18-15-13(9)19-14(20-15)10-2-3-11-12(8-10)17-7-6-16-11/h2-8H,1H3,(H,18,19,20). The minimum Gasteiger partial charge on any atom is -0.336 e. The molecule has 20 heavy (non-hydrogen) atoms. The molecule has 0 fully saturated rings. The summed E-state index contributed by atoms with van der Waals surface area (Å²) >= 11 is 0. The molecule has 0 unspecified atom stereocenters. The summed E-state index contributed by atoms with van der Waals surface area (Å²) in [5.41, 5.74) is 5.56. The number of aromatic amines is 1. The highest BCUT2D eigenvalue weighted by atomic mass is 15.0. The van der Waals surface area contributed by atoms with Gasteiger partial charge in [0.1, 0.15) is 5.82 Å². The van der Waals surface area contributed by atoms with Gasteiger partial charge in [-0.25, -0.2) is 9.97 Å². The lowest BCUT2D eigenvalue weighted by molar-refractivity contribution is 1.28. The van der Waals surface area contributed by atoms with Crippen molar-refractivity contribution in [1.82, 2.24) is 24.9 Å². The number of fused-ring (bicyclic) bond motifs is 2. The first-order chi connectivity index (χ1) is 9.81. The van der Waals surface area contributed by atoms with E-state index in [1.807, 2.05) is 31.2 Å². The van der Waals surface area contributed by atoms with Crippen LogP contribution in [-0.2, 0) is 0 Å². The zero-order chi connectivity index (χ0) is 13.5. The number of H-pyrrole nitrogens is 1. The van der Waals surface area contributed by atoms with Crippen LogP contribution < -0.4 is 0 Å². The third kappa shape index (κ3) is 1.64. The Balaban J connectivity index is 1.94. The molecule has 0 aliphatic heterocycles. The van der Waals surface area contributed by atoms with Crippen molar-refractivity contribution in [2.24, 2.45) is 0 Å². The number of aromatic nitrogens is 5. The Kier molecular flexibility index (Phi) is 2.26. The normalized spacial score (nSPS) is 11.2. The van der Waals surface area contributed by atoms with E-state index in [0.29, 0.717) is 0 Å². The van der Waals surface area contributed by atoms with Gasteiger partial charge >= 0.3 is 0 Å². The van der Waals surface area contributed by atoms with Crippen LogP contribution in [0, 0.1) is 6.92 Å². The average molecular weight is 261 g/mol. The van der Waals surface area contributed by atoms with E-state index in [1.54, 1.807) is 18.6 Å². The molecule has 3 heterocycles. The maximum absolute atomic E-state index is 4.54. The molecule has 4 aromatic rings. The van der Waals surface area contributed by atoms with E-state index in [9.17, 15) is 0 Å². The maximum Gasteiger partial charge on any atom is 0.178 e. The van der Waals surface area contributed by atoms with E-state index in [1.165, 1.54) is 0 Å². The van der Waals surface area contributed by atoms with E-state index < -0.39 is 0 Å². The predicted molar refractivity (Wildman–Crippen MR) is 77.2 cm³/mol. The fourth-order valence-electron chi connectivity index (χ4n) is 2.28. The number of imidazole rings is 1. The van der Waals surface area contributed by atoms with Gasteiger partial charge in [-0.3, -0.25) is 9.97 Å². The molecular formula is C15H11N5. The Morgan fingerprint density at radius 3 is 2.60 bits per heavy atom. The molecule has 0 atom stereocenters. The van der Waals surface area contributed by atoms with Crippen molar-refractivity contribution in [3.05, 3.63) is 48.4 Å². The van der Waals surface area contributed by atoms with Crippen LogP contribution in [0.15, 0.2) is 42.9 Å². The van der Waals surface area contributed by atoms with Crippen LogP contribution >= 0.6 is 0 Å². The smallest absolute Gasteiger partial charge is 0.178 e. The molecule has 0 spiro atoms. The number of hydrogen-bond acceptors (Lipinski definition) is 4. The lowest BCUT2D eigenvalue weighted by Crippen LogP contribution is -1.85. The Morgan fingerprint density at radius 1 is 0.900 bits per heavy atom. The van der Waals surface area contributed by atoms with Crippen LogP contribution in [0.3, 0.4) is 0 Å². The zero-order valence-electron chi connectivity index (χ0n) is 10.8. The van der Waals surface area contributed by atoms with Gasteiger partial charge in [0.25, 0.3) is 0 Å². The third-order valence-corrected chi connectivity index (χ3v) is 3.34. The van der Waals surface area contributed by atoms with Gasteiger partial charge in [0.05, 0.1) is 16.6 Å². The first-order valence-corrected chi connectivity index (χ1v) is 6.34. The number of pyridine rings is 1. The van der Waals surface area contributed by atoms with Crippen LogP contribution in [0.2, 0.25) is 0 Å². The van der Waals surface area contributed by atoms with E-state index in [2.05, 4.69) is 24.9 Å². The van der Waals surface area contributed by atoms with Crippen molar-refractivity contribution in [3.8, 4) is 11.4 Å². The van der Waals surface area contributed by atoms with Crippen molar-refractivity contribution in [1.29, 1.82) is 0 Å². The van der Waals surface area contributed by atoms with Gasteiger partial charge in [-0.15, -0.1) is 0 Å². The molecule has 0 radical (unpaired) electrons. The van der Waals surface area contributed by atoms with Gasteiger partial charge < -0.3 is 4.98 Å². The van der Waals surface area contributed by atoms with E-state index in [0.717, 1.165) is 39.1 Å². The molecule has 0 amide bonds. The topological polar surface area (TPSA) is 67.3 Å². The number of benzene rings is 1. The van der Waals surface area contributed by atoms with Crippen LogP contribution in [0.1, 0.15) is 5.56 Å². The highest BCUT2D eigenvalue weighted by Crippen LogP contribution is 2.23. The Morgan fingerprint density at radius 2 is 1.75 bits per heavy atom. The van der Waals surface area contributed by atoms with E-state index >= 15 is 0 Å². The molecule has 5 heteroatoms. The van der Waals surface area contributed by atoms with Crippen molar-refractivity contribution in [2.45, 2.75) is 6.92 Å². The fourth-order valence-corrected chi connectivity index (χ4v) is 2.28. The summed E-state index contributed by atoms with van der Waals surface area (Å²) in [4.78, 5) is 20.7. The van der Waals surface area contributed by atoms with Gasteiger partial charge in [0.15, 0.2) is 5.65 Å². The van der Waals surface area contributed by atoms with Gasteiger partial charge in [0.2, 0.25) is 0 Å². The Hall–Kier alpha value is -2.82. The monoisotopic (exact) mass is 261 g/mol. The van der Waals surface area contributed by atoms with Crippen molar-refractivity contribution in [3.63, 3.8) is 0 Å². The van der Waals surface area contributed by atoms with Gasteiger partial charge in [-0.1, -0.05) is 0 Å². The van der Waals surface area contributed by atoms with Gasteiger partial charge in [-0.2, -0.15) is 0 Å². The third-order valence-electron chi connectivity index (χ3n) is 3.34. The maximum atomic E-state index is 4.54. The van der Waals surface area contributed by atoms with E-state index in [4.69, 9.17) is 0 Å². The van der Waals surface area contributed by atoms with Crippen molar-refractivity contribution in [2.75, 3.05) is 0 Å². The molecule has 0 aliphatic carbocycles. The lowest BCUT2D eigenvalue weighted by Gasteiger charge is -1.99. The molecular weight excluding hydrogens is 250 g/mol. The van der Waals surface area contributed by atoms with Crippen molar-refractivity contribution >= 4 is 22.2 Å². The van der Waals surface area contributed by atoms with Crippen LogP contribution in [0.5, 0.6) is 0 Å². The number of aryl methyl sites for hydroxylation is 1. The molecule has 0 aliphatic rings. The summed E-state index contributed by atoms with van der Waals surface area (Å²) in [6, 6.07) is 7.89. The second-order valence-electron chi connectivity index (χ2n) is 4.67. The average Bonchev–Trinajstić information content (AvgIpc) is 2.92. The van der Waals surface area contributed by atoms with Gasteiger partial charge in [0, 0.05) is 24.2 Å². The van der Waals surface area contributed by atoms with Crippen LogP contribution in [0.25, 0.3) is 33.6 Å². The first-order valence-electron chi connectivity index (χ1n) is 6.34. The summed E-state index contributed by atoms with van der Waals surface area (Å²) in [5.74, 6) is 0.800. The molecule has 3 aromatic heterocycles. The Labute approximate surface area is 114 Å². The fraction of sp³-hybridized carbons (Fsp3) is 0.0667. The zero-order valence-corrected chi connectivity index (χ0v) is 10.8. The first kappa shape index (κ1) is 11.0. The largest absolute Gasteiger partial charge is 0.336 e. The molecule has 0 saturated carbocycles. The quantitative estimate of drug-likeness (QED) is 0.572. The summed E-state index contributed by atoms with van der Waals surface area (Å²) < 4.78 is 0. The van der Waals surface area contributed by atoms with Crippen LogP contribution in [-0.4, -0.2) is 24.9 Å². The highest BCUT2D eigenvalue weighted by Gasteiger charge is 2.08. The molecule has 96 valence electrons. The second-order valence-corrected chi connectivity index (χ2v) is 4.67. The molecule has 1 aromatic carbocycles. The molecule has 0 bridgehead atoms. The Bertz CT molecular complexity index is 926. The molecule has 0 saturated heterocycles. The van der Waals surface area contributed by atoms with Crippen molar-refractivity contribution < 1.29 is 0 Å². The molecule has 1 N–H and O–H groups in total. The number of nitrogens with one attached hydrogen (secondary N) is 1. The minimum absolute atomic E-state index is 0.735. The summed E-state index contributed by atoms with van der Waals surface area (Å²) in [6.45, 7) is 2.04. The number of hydrogen-bond donors (Lipinski definition) is 1. The SMILES string of the molecule is Cc1ccnc2nc(-c3ccc4nccnc4c3)[nH]c12. The number of nitrogens with zero attached hydrogens (tertiary/aromatic N) is 4.